The van der Waals surface area contributed by atoms with E-state index in [1.165, 1.54) is 0 Å². The topological polar surface area (TPSA) is 35.2 Å². The van der Waals surface area contributed by atoms with E-state index in [0.29, 0.717) is 38.2 Å². The van der Waals surface area contributed by atoms with Gasteiger partial charge in [0.1, 0.15) is 0 Å². The summed E-state index contributed by atoms with van der Waals surface area (Å²) in [6, 6.07) is 7.25. The number of hydrogen-bond acceptors (Lipinski definition) is 2. The molecular formula is C14H19F2NO. The highest BCUT2D eigenvalue weighted by atomic mass is 19.3. The van der Waals surface area contributed by atoms with Crippen molar-refractivity contribution >= 4 is 0 Å². The van der Waals surface area contributed by atoms with Crippen LogP contribution in [0.3, 0.4) is 0 Å². The van der Waals surface area contributed by atoms with Crippen molar-refractivity contribution in [2.45, 2.75) is 31.7 Å². The van der Waals surface area contributed by atoms with Crippen LogP contribution in [0.1, 0.15) is 29.9 Å². The predicted octanol–water partition coefficient (Wildman–Crippen LogP) is 2.92. The minimum absolute atomic E-state index is 0.0162. The molecule has 1 heterocycles. The zero-order valence-electron chi connectivity index (χ0n) is 10.3. The molecule has 0 amide bonds. The fourth-order valence-corrected chi connectivity index (χ4v) is 2.57. The van der Waals surface area contributed by atoms with Crippen LogP contribution in [0.5, 0.6) is 0 Å². The smallest absolute Gasteiger partial charge is 0.245 e. The molecule has 0 bridgehead atoms. The predicted molar refractivity (Wildman–Crippen MR) is 66.6 cm³/mol. The second-order valence-corrected chi connectivity index (χ2v) is 4.76. The molecule has 1 aromatic carbocycles. The summed E-state index contributed by atoms with van der Waals surface area (Å²) in [5.74, 6) is -0.664. The summed E-state index contributed by atoms with van der Waals surface area (Å²) in [5.41, 5.74) is 7.20. The van der Waals surface area contributed by atoms with Crippen molar-refractivity contribution in [1.82, 2.24) is 0 Å². The van der Waals surface area contributed by atoms with Gasteiger partial charge < -0.3 is 10.5 Å². The van der Waals surface area contributed by atoms with Crippen molar-refractivity contribution in [3.63, 3.8) is 0 Å². The maximum absolute atomic E-state index is 13.3. The molecule has 0 saturated carbocycles. The molecule has 2 rings (SSSR count). The van der Waals surface area contributed by atoms with Gasteiger partial charge in [0, 0.05) is 25.7 Å². The fourth-order valence-electron chi connectivity index (χ4n) is 2.57. The molecular weight excluding hydrogens is 236 g/mol. The molecule has 1 atom stereocenters. The highest BCUT2D eigenvalue weighted by Gasteiger charge is 2.32. The third kappa shape index (κ3) is 3.06. The van der Waals surface area contributed by atoms with Gasteiger partial charge in [-0.25, -0.2) is 8.78 Å². The van der Waals surface area contributed by atoms with Gasteiger partial charge in [0.05, 0.1) is 0 Å². The van der Waals surface area contributed by atoms with E-state index in [4.69, 9.17) is 10.5 Å². The van der Waals surface area contributed by atoms with Crippen molar-refractivity contribution in [3.05, 3.63) is 35.4 Å². The molecule has 1 fully saturated rings. The minimum atomic E-state index is -2.32. The van der Waals surface area contributed by atoms with Crippen molar-refractivity contribution in [2.75, 3.05) is 13.2 Å². The van der Waals surface area contributed by atoms with E-state index in [1.54, 1.807) is 12.1 Å². The van der Waals surface area contributed by atoms with Crippen LogP contribution in [0.4, 0.5) is 8.78 Å². The molecule has 1 aliphatic rings. The van der Waals surface area contributed by atoms with Gasteiger partial charge in [-0.05, 0) is 29.9 Å². The summed E-state index contributed by atoms with van der Waals surface area (Å²) in [5, 5.41) is 0. The maximum atomic E-state index is 13.3. The maximum Gasteiger partial charge on any atom is 0.245 e. The van der Waals surface area contributed by atoms with E-state index in [9.17, 15) is 8.78 Å². The molecule has 2 nitrogen and oxygen atoms in total. The molecule has 0 spiro atoms. The molecule has 100 valence electrons. The van der Waals surface area contributed by atoms with Crippen molar-refractivity contribution in [3.8, 4) is 0 Å². The number of rotatable bonds is 4. The highest BCUT2D eigenvalue weighted by molar-refractivity contribution is 5.26. The molecule has 1 aliphatic heterocycles. The van der Waals surface area contributed by atoms with E-state index < -0.39 is 12.3 Å². The van der Waals surface area contributed by atoms with Crippen LogP contribution in [-0.4, -0.2) is 19.6 Å². The standard InChI is InChI=1S/C14H19F2NO/c15-14(16)13(12-5-7-18-8-6-12)11-3-1-10(9-17)2-4-11/h1-4,12-14H,5-9,17H2. The third-order valence-electron chi connectivity index (χ3n) is 3.65. The Morgan fingerprint density at radius 1 is 1.17 bits per heavy atom. The zero-order chi connectivity index (χ0) is 13.0. The summed E-state index contributed by atoms with van der Waals surface area (Å²) in [7, 11) is 0. The van der Waals surface area contributed by atoms with Crippen LogP contribution in [0, 0.1) is 5.92 Å². The van der Waals surface area contributed by atoms with Crippen molar-refractivity contribution < 1.29 is 13.5 Å². The van der Waals surface area contributed by atoms with Crippen LogP contribution < -0.4 is 5.73 Å². The van der Waals surface area contributed by atoms with Crippen LogP contribution in [0.2, 0.25) is 0 Å². The van der Waals surface area contributed by atoms with Gasteiger partial charge in [0.25, 0.3) is 0 Å². The SMILES string of the molecule is NCc1ccc(C(C(F)F)C2CCOCC2)cc1. The Morgan fingerprint density at radius 2 is 1.78 bits per heavy atom. The first-order chi connectivity index (χ1) is 8.72. The number of benzene rings is 1. The van der Waals surface area contributed by atoms with Gasteiger partial charge in [-0.1, -0.05) is 24.3 Å². The normalized spacial score (nSPS) is 19.1. The van der Waals surface area contributed by atoms with E-state index in [0.717, 1.165) is 5.56 Å². The Balaban J connectivity index is 2.17. The van der Waals surface area contributed by atoms with Gasteiger partial charge in [0.15, 0.2) is 0 Å². The minimum Gasteiger partial charge on any atom is -0.381 e. The molecule has 1 unspecified atom stereocenters. The van der Waals surface area contributed by atoms with Gasteiger partial charge in [0.2, 0.25) is 6.43 Å². The molecule has 0 radical (unpaired) electrons. The lowest BCUT2D eigenvalue weighted by Crippen LogP contribution is -2.26. The lowest BCUT2D eigenvalue weighted by atomic mass is 9.81. The third-order valence-corrected chi connectivity index (χ3v) is 3.65. The summed E-state index contributed by atoms with van der Waals surface area (Å²) in [6.45, 7) is 1.63. The Hall–Kier alpha value is -1.00. The van der Waals surface area contributed by atoms with Gasteiger partial charge in [-0.2, -0.15) is 0 Å². The number of nitrogens with two attached hydrogens (primary N) is 1. The zero-order valence-corrected chi connectivity index (χ0v) is 10.3. The summed E-state index contributed by atoms with van der Waals surface area (Å²) >= 11 is 0. The Bertz CT molecular complexity index is 361. The van der Waals surface area contributed by atoms with Gasteiger partial charge >= 0.3 is 0 Å². The van der Waals surface area contributed by atoms with E-state index in [2.05, 4.69) is 0 Å². The molecule has 2 N–H and O–H groups in total. The van der Waals surface area contributed by atoms with Crippen LogP contribution in [0.15, 0.2) is 24.3 Å². The van der Waals surface area contributed by atoms with Crippen molar-refractivity contribution in [2.24, 2.45) is 11.7 Å². The first-order valence-electron chi connectivity index (χ1n) is 6.37. The first-order valence-corrected chi connectivity index (χ1v) is 6.37. The van der Waals surface area contributed by atoms with E-state index in [-0.39, 0.29) is 5.92 Å². The van der Waals surface area contributed by atoms with Crippen molar-refractivity contribution in [1.29, 1.82) is 0 Å². The lowest BCUT2D eigenvalue weighted by Gasteiger charge is -2.30. The van der Waals surface area contributed by atoms with Gasteiger partial charge in [-0.15, -0.1) is 0 Å². The number of hydrogen-bond donors (Lipinski definition) is 1. The average molecular weight is 255 g/mol. The summed E-state index contributed by atoms with van der Waals surface area (Å²) in [4.78, 5) is 0. The Kier molecular flexibility index (Phi) is 4.66. The van der Waals surface area contributed by atoms with Gasteiger partial charge in [-0.3, -0.25) is 0 Å². The fraction of sp³-hybridized carbons (Fsp3) is 0.571. The second-order valence-electron chi connectivity index (χ2n) is 4.76. The summed E-state index contributed by atoms with van der Waals surface area (Å²) in [6.07, 6.45) is -0.891. The van der Waals surface area contributed by atoms with Crippen LogP contribution >= 0.6 is 0 Å². The second kappa shape index (κ2) is 6.25. The Labute approximate surface area is 106 Å². The monoisotopic (exact) mass is 255 g/mol. The molecule has 1 saturated heterocycles. The number of halogens is 2. The molecule has 4 heteroatoms. The molecule has 0 aromatic heterocycles. The lowest BCUT2D eigenvalue weighted by molar-refractivity contribution is 0.0186. The largest absolute Gasteiger partial charge is 0.381 e. The highest BCUT2D eigenvalue weighted by Crippen LogP contribution is 2.36. The van der Waals surface area contributed by atoms with Crippen LogP contribution in [0.25, 0.3) is 0 Å². The first kappa shape index (κ1) is 13.4. The molecule has 0 aliphatic carbocycles. The number of alkyl halides is 2. The Morgan fingerprint density at radius 3 is 2.28 bits per heavy atom. The average Bonchev–Trinajstić information content (AvgIpc) is 2.40. The summed E-state index contributed by atoms with van der Waals surface area (Å²) < 4.78 is 31.8. The quantitative estimate of drug-likeness (QED) is 0.897. The van der Waals surface area contributed by atoms with E-state index >= 15 is 0 Å². The molecule has 1 aromatic rings. The van der Waals surface area contributed by atoms with Crippen LogP contribution in [-0.2, 0) is 11.3 Å². The van der Waals surface area contributed by atoms with E-state index in [1.807, 2.05) is 12.1 Å². The molecule has 18 heavy (non-hydrogen) atoms. The number of ether oxygens (including phenoxy) is 1.